The molecule has 3 heterocycles. The van der Waals surface area contributed by atoms with Crippen LogP contribution < -0.4 is 0 Å². The number of aromatic nitrogens is 1. The average molecular weight is 430 g/mol. The van der Waals surface area contributed by atoms with Crippen LogP contribution in [0.1, 0.15) is 29.9 Å². The predicted octanol–water partition coefficient (Wildman–Crippen LogP) is 3.71. The third-order valence-corrected chi connectivity index (χ3v) is 7.88. The first-order valence-corrected chi connectivity index (χ1v) is 12.2. The second-order valence-corrected chi connectivity index (χ2v) is 9.64. The van der Waals surface area contributed by atoms with Crippen LogP contribution in [-0.2, 0) is 15.9 Å². The summed E-state index contributed by atoms with van der Waals surface area (Å²) in [6.45, 7) is 4.06. The van der Waals surface area contributed by atoms with Crippen LogP contribution in [0.5, 0.6) is 0 Å². The Labute approximate surface area is 182 Å². The SMILES string of the molecule is CSc1[nH]c2cccc3c2c1C[C@H]1[C@H]3CC(CCOC(=O)N2CCOCC2)CN1C. The summed E-state index contributed by atoms with van der Waals surface area (Å²) in [5.41, 5.74) is 4.27. The molecule has 1 N–H and O–H groups in total. The largest absolute Gasteiger partial charge is 0.449 e. The van der Waals surface area contributed by atoms with Gasteiger partial charge in [-0.1, -0.05) is 12.1 Å². The van der Waals surface area contributed by atoms with Crippen LogP contribution in [0.3, 0.4) is 0 Å². The molecule has 3 aliphatic rings. The van der Waals surface area contributed by atoms with Crippen LogP contribution in [-0.4, -0.2) is 79.7 Å². The maximum absolute atomic E-state index is 12.3. The number of likely N-dealkylation sites (tertiary alicyclic amines) is 1. The van der Waals surface area contributed by atoms with Gasteiger partial charge in [0.25, 0.3) is 0 Å². The van der Waals surface area contributed by atoms with Gasteiger partial charge in [-0.3, -0.25) is 0 Å². The van der Waals surface area contributed by atoms with Crippen LogP contribution in [0.4, 0.5) is 4.79 Å². The Bertz CT molecular complexity index is 924. The fourth-order valence-electron chi connectivity index (χ4n) is 5.64. The van der Waals surface area contributed by atoms with Gasteiger partial charge in [0.05, 0.1) is 24.8 Å². The molecule has 1 aromatic carbocycles. The number of nitrogens with one attached hydrogen (secondary N) is 1. The van der Waals surface area contributed by atoms with Crippen LogP contribution in [0.2, 0.25) is 0 Å². The number of rotatable bonds is 4. The van der Waals surface area contributed by atoms with Gasteiger partial charge in [-0.15, -0.1) is 11.8 Å². The summed E-state index contributed by atoms with van der Waals surface area (Å²) < 4.78 is 10.9. The van der Waals surface area contributed by atoms with Crippen LogP contribution in [0.15, 0.2) is 23.2 Å². The average Bonchev–Trinajstić information content (AvgIpc) is 3.14. The van der Waals surface area contributed by atoms with Crippen molar-refractivity contribution in [3.05, 3.63) is 29.3 Å². The zero-order chi connectivity index (χ0) is 20.7. The monoisotopic (exact) mass is 429 g/mol. The number of carbonyl (C=O) groups excluding carboxylic acids is 1. The highest BCUT2D eigenvalue weighted by Crippen LogP contribution is 2.47. The minimum absolute atomic E-state index is 0.190. The smallest absolute Gasteiger partial charge is 0.409 e. The standard InChI is InChI=1S/C23H31N3O3S/c1-25-14-15(6-9-29-23(27)26-7-10-28-11-8-26)12-17-16-4-3-5-19-21(16)18(13-20(17)25)22(24-19)30-2/h3-5,15,17,20,24H,6-14H2,1-2H3/t15?,17-,20-/m0/s1. The van der Waals surface area contributed by atoms with Crippen molar-refractivity contribution in [1.82, 2.24) is 14.8 Å². The van der Waals surface area contributed by atoms with Gasteiger partial charge < -0.3 is 24.3 Å². The van der Waals surface area contributed by atoms with E-state index in [2.05, 4.69) is 41.4 Å². The number of amides is 1. The molecule has 5 rings (SSSR count). The second kappa shape index (κ2) is 8.44. The van der Waals surface area contributed by atoms with Crippen molar-refractivity contribution < 1.29 is 14.3 Å². The molecule has 2 saturated heterocycles. The molecule has 162 valence electrons. The fourth-order valence-corrected chi connectivity index (χ4v) is 6.29. The summed E-state index contributed by atoms with van der Waals surface area (Å²) in [7, 11) is 2.26. The lowest BCUT2D eigenvalue weighted by atomic mass is 9.72. The van der Waals surface area contributed by atoms with Crippen LogP contribution in [0, 0.1) is 5.92 Å². The third kappa shape index (κ3) is 3.61. The molecule has 2 aliphatic heterocycles. The first-order chi connectivity index (χ1) is 14.7. The van der Waals surface area contributed by atoms with Gasteiger partial charge in [-0.25, -0.2) is 4.79 Å². The number of aromatic amines is 1. The maximum atomic E-state index is 12.3. The number of hydrogen-bond acceptors (Lipinski definition) is 5. The number of piperidine rings is 1. The first-order valence-electron chi connectivity index (χ1n) is 11.0. The first kappa shape index (κ1) is 20.2. The lowest BCUT2D eigenvalue weighted by Crippen LogP contribution is -2.48. The molecule has 1 aliphatic carbocycles. The van der Waals surface area contributed by atoms with E-state index in [9.17, 15) is 4.79 Å². The van der Waals surface area contributed by atoms with E-state index >= 15 is 0 Å². The van der Waals surface area contributed by atoms with E-state index in [1.807, 2.05) is 11.8 Å². The van der Waals surface area contributed by atoms with Crippen molar-refractivity contribution in [2.45, 2.75) is 36.2 Å². The summed E-state index contributed by atoms with van der Waals surface area (Å²) in [6.07, 6.45) is 5.18. The number of nitrogens with zero attached hydrogens (tertiary/aromatic N) is 2. The minimum Gasteiger partial charge on any atom is -0.449 e. The number of hydrogen-bond donors (Lipinski definition) is 1. The molecule has 0 saturated carbocycles. The molecule has 0 bridgehead atoms. The third-order valence-electron chi connectivity index (χ3n) is 7.12. The van der Waals surface area contributed by atoms with Crippen molar-refractivity contribution >= 4 is 28.8 Å². The number of ether oxygens (including phenoxy) is 2. The van der Waals surface area contributed by atoms with Gasteiger partial charge in [0, 0.05) is 42.5 Å². The molecule has 2 fully saturated rings. The molecular weight excluding hydrogens is 398 g/mol. The van der Waals surface area contributed by atoms with Crippen molar-refractivity contribution in [2.75, 3.05) is 52.8 Å². The molecule has 30 heavy (non-hydrogen) atoms. The Morgan fingerprint density at radius 3 is 2.97 bits per heavy atom. The Morgan fingerprint density at radius 1 is 1.33 bits per heavy atom. The summed E-state index contributed by atoms with van der Waals surface area (Å²) in [5, 5.41) is 2.78. The van der Waals surface area contributed by atoms with Gasteiger partial charge >= 0.3 is 6.09 Å². The van der Waals surface area contributed by atoms with Crippen molar-refractivity contribution in [2.24, 2.45) is 5.92 Å². The molecular formula is C23H31N3O3S. The van der Waals surface area contributed by atoms with Crippen LogP contribution >= 0.6 is 11.8 Å². The Morgan fingerprint density at radius 2 is 2.17 bits per heavy atom. The molecule has 1 amide bonds. The number of benzene rings is 1. The molecule has 7 heteroatoms. The maximum Gasteiger partial charge on any atom is 0.409 e. The molecule has 1 aromatic heterocycles. The Balaban J connectivity index is 1.27. The molecule has 2 aromatic rings. The van der Waals surface area contributed by atoms with Crippen molar-refractivity contribution in [1.29, 1.82) is 0 Å². The van der Waals surface area contributed by atoms with E-state index in [4.69, 9.17) is 9.47 Å². The Kier molecular flexibility index (Phi) is 5.69. The summed E-state index contributed by atoms with van der Waals surface area (Å²) in [4.78, 5) is 20.2. The quantitative estimate of drug-likeness (QED) is 0.751. The normalized spacial score (nSPS) is 26.6. The number of H-pyrrole nitrogens is 1. The lowest BCUT2D eigenvalue weighted by Gasteiger charge is -2.45. The van der Waals surface area contributed by atoms with E-state index in [1.165, 1.54) is 33.5 Å². The predicted molar refractivity (Wildman–Crippen MR) is 119 cm³/mol. The van der Waals surface area contributed by atoms with Gasteiger partial charge in [0.2, 0.25) is 0 Å². The highest BCUT2D eigenvalue weighted by Gasteiger charge is 2.40. The van der Waals surface area contributed by atoms with Crippen molar-refractivity contribution in [3.63, 3.8) is 0 Å². The van der Waals surface area contributed by atoms with E-state index in [1.54, 1.807) is 4.90 Å². The van der Waals surface area contributed by atoms with Gasteiger partial charge in [0.1, 0.15) is 0 Å². The van der Waals surface area contributed by atoms with Gasteiger partial charge in [-0.2, -0.15) is 0 Å². The number of fused-ring (bicyclic) bond motifs is 2. The fraction of sp³-hybridized carbons (Fsp3) is 0.609. The molecule has 1 unspecified atom stereocenters. The number of carbonyl (C=O) groups is 1. The zero-order valence-corrected chi connectivity index (χ0v) is 18.7. The Hall–Kier alpha value is -1.70. The minimum atomic E-state index is -0.190. The molecule has 6 nitrogen and oxygen atoms in total. The molecule has 3 atom stereocenters. The van der Waals surface area contributed by atoms with E-state index in [0.29, 0.717) is 50.8 Å². The van der Waals surface area contributed by atoms with Gasteiger partial charge in [0.15, 0.2) is 0 Å². The topological polar surface area (TPSA) is 57.8 Å². The van der Waals surface area contributed by atoms with E-state index in [0.717, 1.165) is 19.4 Å². The summed E-state index contributed by atoms with van der Waals surface area (Å²) in [6, 6.07) is 7.28. The van der Waals surface area contributed by atoms with E-state index < -0.39 is 0 Å². The summed E-state index contributed by atoms with van der Waals surface area (Å²) >= 11 is 1.82. The highest BCUT2D eigenvalue weighted by atomic mass is 32.2. The number of morpholine rings is 1. The van der Waals surface area contributed by atoms with Gasteiger partial charge in [-0.05, 0) is 55.7 Å². The number of likely N-dealkylation sites (N-methyl/N-ethyl adjacent to an activating group) is 1. The summed E-state index contributed by atoms with van der Waals surface area (Å²) in [5.74, 6) is 1.09. The molecule has 0 spiro atoms. The number of thioether (sulfide) groups is 1. The molecule has 0 radical (unpaired) electrons. The lowest BCUT2D eigenvalue weighted by molar-refractivity contribution is 0.0232. The van der Waals surface area contributed by atoms with E-state index in [-0.39, 0.29) is 6.09 Å². The van der Waals surface area contributed by atoms with Crippen molar-refractivity contribution in [3.8, 4) is 0 Å². The van der Waals surface area contributed by atoms with Crippen LogP contribution in [0.25, 0.3) is 10.9 Å². The second-order valence-electron chi connectivity index (χ2n) is 8.83. The zero-order valence-electron chi connectivity index (χ0n) is 17.9. The highest BCUT2D eigenvalue weighted by molar-refractivity contribution is 7.98.